The van der Waals surface area contributed by atoms with Crippen LogP contribution in [0.1, 0.15) is 22.6 Å². The number of ether oxygens (including phenoxy) is 1. The first-order valence-corrected chi connectivity index (χ1v) is 9.24. The zero-order valence-electron chi connectivity index (χ0n) is 15.6. The second-order valence-corrected chi connectivity index (χ2v) is 7.26. The molecule has 2 amide bonds. The number of nitrogens with zero attached hydrogens (tertiary/aromatic N) is 4. The van der Waals surface area contributed by atoms with Gasteiger partial charge in [-0.2, -0.15) is 0 Å². The van der Waals surface area contributed by atoms with Crippen molar-refractivity contribution in [2.75, 3.05) is 20.2 Å². The van der Waals surface area contributed by atoms with Gasteiger partial charge in [0, 0.05) is 46.1 Å². The van der Waals surface area contributed by atoms with E-state index in [0.717, 1.165) is 12.0 Å². The van der Waals surface area contributed by atoms with Gasteiger partial charge >= 0.3 is 0 Å². The number of amides is 2. The summed E-state index contributed by atoms with van der Waals surface area (Å²) in [4.78, 5) is 34.3. The van der Waals surface area contributed by atoms with Gasteiger partial charge in [-0.1, -0.05) is 30.3 Å². The molecule has 3 atom stereocenters. The molecule has 142 valence electrons. The van der Waals surface area contributed by atoms with Crippen molar-refractivity contribution in [1.82, 2.24) is 19.4 Å². The Hall–Kier alpha value is -2.67. The molecular formula is C20H24N4O3. The lowest BCUT2D eigenvalue weighted by atomic mass is 9.98. The van der Waals surface area contributed by atoms with Crippen molar-refractivity contribution in [2.24, 2.45) is 7.05 Å². The van der Waals surface area contributed by atoms with Crippen LogP contribution in [0.4, 0.5) is 0 Å². The minimum Gasteiger partial charge on any atom is -0.380 e. The van der Waals surface area contributed by atoms with Crippen LogP contribution in [0.5, 0.6) is 0 Å². The Balaban J connectivity index is 1.66. The van der Waals surface area contributed by atoms with Crippen LogP contribution in [0.3, 0.4) is 0 Å². The molecule has 0 radical (unpaired) electrons. The Bertz CT molecular complexity index is 835. The molecule has 2 fully saturated rings. The van der Waals surface area contributed by atoms with Gasteiger partial charge in [0.2, 0.25) is 5.91 Å². The van der Waals surface area contributed by atoms with Crippen molar-refractivity contribution in [3.05, 3.63) is 54.1 Å². The minimum atomic E-state index is -0.525. The van der Waals surface area contributed by atoms with Gasteiger partial charge in [0.1, 0.15) is 6.04 Å². The molecular weight excluding hydrogens is 344 g/mol. The van der Waals surface area contributed by atoms with Gasteiger partial charge in [-0.3, -0.25) is 9.59 Å². The molecule has 3 heterocycles. The maximum Gasteiger partial charge on any atom is 0.290 e. The molecule has 0 spiro atoms. The van der Waals surface area contributed by atoms with Crippen LogP contribution in [0, 0.1) is 0 Å². The largest absolute Gasteiger partial charge is 0.380 e. The summed E-state index contributed by atoms with van der Waals surface area (Å²) in [5.74, 6) is 0.158. The smallest absolute Gasteiger partial charge is 0.290 e. The first-order chi connectivity index (χ1) is 13.1. The van der Waals surface area contributed by atoms with Crippen LogP contribution in [-0.2, 0) is 23.0 Å². The number of aromatic nitrogens is 2. The van der Waals surface area contributed by atoms with Crippen LogP contribution in [0.15, 0.2) is 42.7 Å². The van der Waals surface area contributed by atoms with E-state index in [0.29, 0.717) is 25.3 Å². The SMILES string of the molecule is CO[C@H]1C[C@H]2CN(C(=O)c3nccn3C)[C@@H](Cc3ccccc3)C(=O)N2C1. The van der Waals surface area contributed by atoms with E-state index in [1.807, 2.05) is 35.2 Å². The third-order valence-electron chi connectivity index (χ3n) is 5.61. The molecule has 0 bridgehead atoms. The Kier molecular flexibility index (Phi) is 4.70. The van der Waals surface area contributed by atoms with E-state index in [9.17, 15) is 9.59 Å². The number of carbonyl (C=O) groups excluding carboxylic acids is 2. The normalized spacial score (nSPS) is 25.0. The number of carbonyl (C=O) groups is 2. The van der Waals surface area contributed by atoms with Crippen molar-refractivity contribution in [3.8, 4) is 0 Å². The van der Waals surface area contributed by atoms with E-state index in [4.69, 9.17) is 4.74 Å². The fraction of sp³-hybridized carbons (Fsp3) is 0.450. The maximum atomic E-state index is 13.3. The van der Waals surface area contributed by atoms with Gasteiger partial charge in [0.25, 0.3) is 5.91 Å². The number of methoxy groups -OCH3 is 1. The Morgan fingerprint density at radius 2 is 2.04 bits per heavy atom. The fourth-order valence-corrected chi connectivity index (χ4v) is 4.13. The molecule has 0 saturated carbocycles. The van der Waals surface area contributed by atoms with Crippen molar-refractivity contribution in [1.29, 1.82) is 0 Å². The predicted molar refractivity (Wildman–Crippen MR) is 99.1 cm³/mol. The summed E-state index contributed by atoms with van der Waals surface area (Å²) in [6.45, 7) is 1.10. The van der Waals surface area contributed by atoms with Gasteiger partial charge in [-0.15, -0.1) is 0 Å². The van der Waals surface area contributed by atoms with Crippen LogP contribution >= 0.6 is 0 Å². The molecule has 0 N–H and O–H groups in total. The molecule has 1 aromatic carbocycles. The highest BCUT2D eigenvalue weighted by atomic mass is 16.5. The van der Waals surface area contributed by atoms with Gasteiger partial charge < -0.3 is 19.1 Å². The predicted octanol–water partition coefficient (Wildman–Crippen LogP) is 1.10. The molecule has 2 aromatic rings. The van der Waals surface area contributed by atoms with Crippen molar-refractivity contribution in [3.63, 3.8) is 0 Å². The van der Waals surface area contributed by atoms with E-state index in [-0.39, 0.29) is 24.0 Å². The van der Waals surface area contributed by atoms with E-state index in [2.05, 4.69) is 4.98 Å². The van der Waals surface area contributed by atoms with Crippen molar-refractivity contribution < 1.29 is 14.3 Å². The summed E-state index contributed by atoms with van der Waals surface area (Å²) in [5, 5.41) is 0. The lowest BCUT2D eigenvalue weighted by Gasteiger charge is -2.42. The van der Waals surface area contributed by atoms with Crippen molar-refractivity contribution in [2.45, 2.75) is 31.0 Å². The first-order valence-electron chi connectivity index (χ1n) is 9.24. The average molecular weight is 368 g/mol. The topological polar surface area (TPSA) is 67.7 Å². The number of fused-ring (bicyclic) bond motifs is 1. The second-order valence-electron chi connectivity index (χ2n) is 7.26. The molecule has 0 aliphatic carbocycles. The molecule has 1 aromatic heterocycles. The lowest BCUT2D eigenvalue weighted by molar-refractivity contribution is -0.142. The van der Waals surface area contributed by atoms with Crippen molar-refractivity contribution >= 4 is 11.8 Å². The summed E-state index contributed by atoms with van der Waals surface area (Å²) in [6.07, 6.45) is 4.63. The third-order valence-corrected chi connectivity index (χ3v) is 5.61. The van der Waals surface area contributed by atoms with E-state index < -0.39 is 6.04 Å². The summed E-state index contributed by atoms with van der Waals surface area (Å²) < 4.78 is 7.18. The molecule has 27 heavy (non-hydrogen) atoms. The number of rotatable bonds is 4. The number of piperazine rings is 1. The van der Waals surface area contributed by atoms with Crippen LogP contribution < -0.4 is 0 Å². The van der Waals surface area contributed by atoms with Crippen LogP contribution in [0.25, 0.3) is 0 Å². The highest BCUT2D eigenvalue weighted by Crippen LogP contribution is 2.29. The quantitative estimate of drug-likeness (QED) is 0.811. The number of hydrogen-bond donors (Lipinski definition) is 0. The second kappa shape index (κ2) is 7.15. The van der Waals surface area contributed by atoms with Crippen LogP contribution in [-0.4, -0.2) is 69.6 Å². The average Bonchev–Trinajstić information content (AvgIpc) is 3.30. The Labute approximate surface area is 158 Å². The zero-order chi connectivity index (χ0) is 19.0. The zero-order valence-corrected chi connectivity index (χ0v) is 15.6. The number of aryl methyl sites for hydroxylation is 1. The molecule has 4 rings (SSSR count). The molecule has 7 nitrogen and oxygen atoms in total. The molecule has 7 heteroatoms. The molecule has 2 aliphatic heterocycles. The van der Waals surface area contributed by atoms with Crippen LogP contribution in [0.2, 0.25) is 0 Å². The monoisotopic (exact) mass is 368 g/mol. The maximum absolute atomic E-state index is 13.3. The standard InChI is InChI=1S/C20H24N4O3/c1-22-9-8-21-18(22)20(26)24-12-15-11-16(27-2)13-23(15)19(25)17(24)10-14-6-4-3-5-7-14/h3-9,15-17H,10-13H2,1-2H3/t15-,16-,17-/m0/s1. The van der Waals surface area contributed by atoms with E-state index >= 15 is 0 Å². The minimum absolute atomic E-state index is 0.00121. The summed E-state index contributed by atoms with van der Waals surface area (Å²) >= 11 is 0. The summed E-state index contributed by atoms with van der Waals surface area (Å²) in [6, 6.07) is 9.31. The first kappa shape index (κ1) is 17.7. The van der Waals surface area contributed by atoms with Gasteiger partial charge in [-0.25, -0.2) is 4.98 Å². The van der Waals surface area contributed by atoms with Gasteiger partial charge in [0.15, 0.2) is 5.82 Å². The lowest BCUT2D eigenvalue weighted by Crippen LogP contribution is -2.62. The van der Waals surface area contributed by atoms with Gasteiger partial charge in [0.05, 0.1) is 12.1 Å². The summed E-state index contributed by atoms with van der Waals surface area (Å²) in [5.41, 5.74) is 1.04. The molecule has 2 aliphatic rings. The fourth-order valence-electron chi connectivity index (χ4n) is 4.13. The van der Waals surface area contributed by atoms with E-state index in [1.165, 1.54) is 0 Å². The Morgan fingerprint density at radius 1 is 1.26 bits per heavy atom. The number of hydrogen-bond acceptors (Lipinski definition) is 4. The summed E-state index contributed by atoms with van der Waals surface area (Å²) in [7, 11) is 3.47. The number of imidazole rings is 1. The Morgan fingerprint density at radius 3 is 2.70 bits per heavy atom. The third kappa shape index (κ3) is 3.23. The molecule has 2 saturated heterocycles. The molecule has 0 unspecified atom stereocenters. The number of benzene rings is 1. The highest BCUT2D eigenvalue weighted by Gasteiger charge is 2.47. The highest BCUT2D eigenvalue weighted by molar-refractivity contribution is 5.96. The van der Waals surface area contributed by atoms with Gasteiger partial charge in [-0.05, 0) is 12.0 Å². The van der Waals surface area contributed by atoms with E-state index in [1.54, 1.807) is 36.0 Å².